The molecule has 0 unspecified atom stereocenters. The van der Waals surface area contributed by atoms with E-state index in [0.717, 1.165) is 45.8 Å². The molecule has 35 heavy (non-hydrogen) atoms. The van der Waals surface area contributed by atoms with Crippen molar-refractivity contribution in [2.75, 3.05) is 0 Å². The van der Waals surface area contributed by atoms with Gasteiger partial charge in [0, 0.05) is 16.8 Å². The highest BCUT2D eigenvalue weighted by atomic mass is 35.5. The van der Waals surface area contributed by atoms with E-state index < -0.39 is 0 Å². The number of aromatic nitrogens is 1. The van der Waals surface area contributed by atoms with Crippen LogP contribution in [-0.4, -0.2) is 10.7 Å². The lowest BCUT2D eigenvalue weighted by Crippen LogP contribution is -2.02. The maximum atomic E-state index is 6.52. The lowest BCUT2D eigenvalue weighted by atomic mass is 9.94. The minimum Gasteiger partial charge on any atom is -0.257 e. The maximum absolute atomic E-state index is 6.52. The number of allylic oxidation sites excluding steroid dienone is 3. The van der Waals surface area contributed by atoms with E-state index in [0.29, 0.717) is 17.0 Å². The van der Waals surface area contributed by atoms with Gasteiger partial charge in [-0.1, -0.05) is 107 Å². The molecule has 0 saturated carbocycles. The molecule has 0 atom stereocenters. The van der Waals surface area contributed by atoms with E-state index in [4.69, 9.17) is 21.6 Å². The summed E-state index contributed by atoms with van der Waals surface area (Å²) in [6.45, 7) is 15.0. The Morgan fingerprint density at radius 1 is 0.857 bits per heavy atom. The summed E-state index contributed by atoms with van der Waals surface area (Å²) in [5.41, 5.74) is 9.97. The first kappa shape index (κ1) is 26.6. The van der Waals surface area contributed by atoms with E-state index >= 15 is 0 Å². The van der Waals surface area contributed by atoms with E-state index in [9.17, 15) is 0 Å². The zero-order chi connectivity index (χ0) is 25.5. The molecule has 3 rings (SSSR count). The summed E-state index contributed by atoms with van der Waals surface area (Å²) < 4.78 is 0. The summed E-state index contributed by atoms with van der Waals surface area (Å²) >= 11 is 6.52. The van der Waals surface area contributed by atoms with Crippen LogP contribution >= 0.6 is 11.6 Å². The first-order valence-electron chi connectivity index (χ1n) is 12.5. The van der Waals surface area contributed by atoms with Gasteiger partial charge in [-0.3, -0.25) is 4.98 Å². The molecule has 0 spiro atoms. The number of aliphatic imine (C=N–C) groups is 1. The molecule has 3 heteroatoms. The number of benzene rings is 2. The molecule has 0 saturated heterocycles. The summed E-state index contributed by atoms with van der Waals surface area (Å²) in [6, 6.07) is 23.3. The van der Waals surface area contributed by atoms with Crippen LogP contribution in [0.2, 0.25) is 0 Å². The van der Waals surface area contributed by atoms with Crippen LogP contribution in [0.5, 0.6) is 0 Å². The normalized spacial score (nSPS) is 13.4. The van der Waals surface area contributed by atoms with Crippen molar-refractivity contribution in [1.29, 1.82) is 0 Å². The largest absolute Gasteiger partial charge is 0.257 e. The Kier molecular flexibility index (Phi) is 9.23. The average molecular weight is 485 g/mol. The zero-order valence-electron chi connectivity index (χ0n) is 22.1. The predicted molar refractivity (Wildman–Crippen MR) is 153 cm³/mol. The van der Waals surface area contributed by atoms with Gasteiger partial charge >= 0.3 is 0 Å². The van der Waals surface area contributed by atoms with E-state index in [1.165, 1.54) is 11.1 Å². The van der Waals surface area contributed by atoms with Crippen molar-refractivity contribution < 1.29 is 0 Å². The quantitative estimate of drug-likeness (QED) is 0.230. The van der Waals surface area contributed by atoms with Crippen molar-refractivity contribution in [3.63, 3.8) is 0 Å². The lowest BCUT2D eigenvalue weighted by Gasteiger charge is -2.16. The van der Waals surface area contributed by atoms with Crippen LogP contribution in [0, 0.1) is 0 Å². The third-order valence-corrected chi connectivity index (χ3v) is 6.67. The highest BCUT2D eigenvalue weighted by Gasteiger charge is 2.13. The molecule has 3 aromatic rings. The number of nitrogens with zero attached hydrogens (tertiary/aromatic N) is 2. The van der Waals surface area contributed by atoms with Crippen molar-refractivity contribution >= 4 is 22.9 Å². The first-order chi connectivity index (χ1) is 16.7. The Labute approximate surface area is 216 Å². The van der Waals surface area contributed by atoms with Gasteiger partial charge in [0.15, 0.2) is 0 Å². The van der Waals surface area contributed by atoms with Crippen LogP contribution in [0.25, 0.3) is 16.7 Å². The van der Waals surface area contributed by atoms with Crippen molar-refractivity contribution in [2.45, 2.75) is 66.7 Å². The molecular weight excluding hydrogens is 448 g/mol. The standard InChI is InChI=1S/C32H37ClN2/c1-8-23(6)32(33)35-30(27-12-10-9-11-13-27)20-24(7)25-14-16-26(17-15-25)28-18-19-29(21(2)3)34-31(28)22(4)5/h9-22H,8H2,1-7H3/b24-20+,32-23+,35-30-. The van der Waals surface area contributed by atoms with Gasteiger partial charge in [-0.15, -0.1) is 0 Å². The minimum absolute atomic E-state index is 0.360. The van der Waals surface area contributed by atoms with Gasteiger partial charge in [-0.25, -0.2) is 4.99 Å². The Balaban J connectivity index is 1.99. The minimum atomic E-state index is 0.360. The highest BCUT2D eigenvalue weighted by molar-refractivity contribution is 6.31. The topological polar surface area (TPSA) is 25.2 Å². The molecule has 1 aromatic heterocycles. The molecule has 0 radical (unpaired) electrons. The number of halogens is 1. The van der Waals surface area contributed by atoms with Crippen molar-refractivity contribution in [2.24, 2.45) is 4.99 Å². The number of rotatable bonds is 8. The van der Waals surface area contributed by atoms with Gasteiger partial charge < -0.3 is 0 Å². The van der Waals surface area contributed by atoms with Crippen LogP contribution in [0.4, 0.5) is 0 Å². The van der Waals surface area contributed by atoms with Gasteiger partial charge in [0.25, 0.3) is 0 Å². The van der Waals surface area contributed by atoms with Crippen LogP contribution < -0.4 is 0 Å². The molecular formula is C32H37ClN2. The second-order valence-electron chi connectivity index (χ2n) is 9.67. The first-order valence-corrected chi connectivity index (χ1v) is 12.9. The highest BCUT2D eigenvalue weighted by Crippen LogP contribution is 2.31. The predicted octanol–water partition coefficient (Wildman–Crippen LogP) is 9.77. The molecule has 0 N–H and O–H groups in total. The third kappa shape index (κ3) is 6.80. The summed E-state index contributed by atoms with van der Waals surface area (Å²) in [5.74, 6) is 0.778. The molecule has 0 fully saturated rings. The molecule has 0 amide bonds. The van der Waals surface area contributed by atoms with Gasteiger partial charge in [0.1, 0.15) is 5.16 Å². The smallest absolute Gasteiger partial charge is 0.128 e. The Hall–Kier alpha value is -2.97. The fraction of sp³-hybridized carbons (Fsp3) is 0.312. The van der Waals surface area contributed by atoms with Crippen LogP contribution in [0.3, 0.4) is 0 Å². The number of hydrogen-bond donors (Lipinski definition) is 0. The second-order valence-corrected chi connectivity index (χ2v) is 10.0. The maximum Gasteiger partial charge on any atom is 0.128 e. The molecule has 0 aliphatic heterocycles. The van der Waals surface area contributed by atoms with Crippen LogP contribution in [-0.2, 0) is 0 Å². The van der Waals surface area contributed by atoms with Crippen LogP contribution in [0.1, 0.15) is 89.2 Å². The number of pyridine rings is 1. The van der Waals surface area contributed by atoms with E-state index in [1.807, 2.05) is 25.1 Å². The Morgan fingerprint density at radius 3 is 2.09 bits per heavy atom. The van der Waals surface area contributed by atoms with Crippen molar-refractivity contribution in [3.8, 4) is 11.1 Å². The van der Waals surface area contributed by atoms with E-state index in [2.05, 4.69) is 96.1 Å². The van der Waals surface area contributed by atoms with E-state index in [1.54, 1.807) is 0 Å². The molecule has 0 aliphatic carbocycles. The molecule has 0 bridgehead atoms. The zero-order valence-corrected chi connectivity index (χ0v) is 22.8. The van der Waals surface area contributed by atoms with E-state index in [-0.39, 0.29) is 0 Å². The third-order valence-electron chi connectivity index (χ3n) is 6.26. The SMILES string of the molecule is CC/C(C)=C(Cl)/N=C(/C=C(\C)c1ccc(-c2ccc(C(C)C)nc2C(C)C)cc1)c1ccccc1. The van der Waals surface area contributed by atoms with Crippen LogP contribution in [0.15, 0.2) is 88.5 Å². The summed E-state index contributed by atoms with van der Waals surface area (Å²) in [5, 5.41) is 0.560. The average Bonchev–Trinajstić information content (AvgIpc) is 2.87. The summed E-state index contributed by atoms with van der Waals surface area (Å²) in [7, 11) is 0. The van der Waals surface area contributed by atoms with Gasteiger partial charge in [-0.05, 0) is 66.5 Å². The summed E-state index contributed by atoms with van der Waals surface area (Å²) in [6.07, 6.45) is 2.99. The number of hydrogen-bond acceptors (Lipinski definition) is 2. The molecule has 1 heterocycles. The van der Waals surface area contributed by atoms with Crippen molar-refractivity contribution in [1.82, 2.24) is 4.98 Å². The molecule has 182 valence electrons. The summed E-state index contributed by atoms with van der Waals surface area (Å²) in [4.78, 5) is 9.76. The Bertz CT molecular complexity index is 1230. The Morgan fingerprint density at radius 2 is 1.51 bits per heavy atom. The fourth-order valence-corrected chi connectivity index (χ4v) is 4.06. The molecule has 2 nitrogen and oxygen atoms in total. The molecule has 2 aromatic carbocycles. The molecule has 0 aliphatic rings. The van der Waals surface area contributed by atoms with Gasteiger partial charge in [0.2, 0.25) is 0 Å². The lowest BCUT2D eigenvalue weighted by molar-refractivity contribution is 0.767. The second kappa shape index (κ2) is 12.1. The van der Waals surface area contributed by atoms with Crippen molar-refractivity contribution in [3.05, 3.63) is 106 Å². The van der Waals surface area contributed by atoms with Gasteiger partial charge in [-0.2, -0.15) is 0 Å². The fourth-order valence-electron chi connectivity index (χ4n) is 3.83. The van der Waals surface area contributed by atoms with Gasteiger partial charge in [0.05, 0.1) is 11.4 Å². The monoisotopic (exact) mass is 484 g/mol.